The second-order valence-electron chi connectivity index (χ2n) is 7.07. The van der Waals surface area contributed by atoms with E-state index in [4.69, 9.17) is 0 Å². The van der Waals surface area contributed by atoms with Crippen molar-refractivity contribution in [2.24, 2.45) is 0 Å². The van der Waals surface area contributed by atoms with E-state index in [-0.39, 0.29) is 10.8 Å². The second kappa shape index (κ2) is 7.62. The van der Waals surface area contributed by atoms with Crippen LogP contribution in [0.1, 0.15) is 48.5 Å². The fraction of sp³-hybridized carbons (Fsp3) is 0.381. The summed E-state index contributed by atoms with van der Waals surface area (Å²) in [6.07, 6.45) is 1.80. The van der Waals surface area contributed by atoms with Gasteiger partial charge in [-0.2, -0.15) is 0 Å². The van der Waals surface area contributed by atoms with E-state index in [1.54, 1.807) is 43.0 Å². The SMILES string of the molecule is CC(C)S(=O)(=O)c1ccccc1C(=O)N1CCC(c2ccccc2)CC1. The Balaban J connectivity index is 1.78. The van der Waals surface area contributed by atoms with Crippen molar-refractivity contribution in [2.45, 2.75) is 42.8 Å². The van der Waals surface area contributed by atoms with Crippen LogP contribution in [0.5, 0.6) is 0 Å². The Morgan fingerprint density at radius 1 is 0.962 bits per heavy atom. The minimum Gasteiger partial charge on any atom is -0.339 e. The zero-order chi connectivity index (χ0) is 18.7. The van der Waals surface area contributed by atoms with Crippen LogP contribution in [0.3, 0.4) is 0 Å². The quantitative estimate of drug-likeness (QED) is 0.819. The van der Waals surface area contributed by atoms with Crippen LogP contribution in [0, 0.1) is 0 Å². The third-order valence-corrected chi connectivity index (χ3v) is 7.31. The van der Waals surface area contributed by atoms with Crippen LogP contribution in [-0.4, -0.2) is 37.6 Å². The van der Waals surface area contributed by atoms with Crippen LogP contribution in [0.2, 0.25) is 0 Å². The van der Waals surface area contributed by atoms with Gasteiger partial charge in [-0.05, 0) is 50.3 Å². The lowest BCUT2D eigenvalue weighted by atomic mass is 9.89. The van der Waals surface area contributed by atoms with Gasteiger partial charge in [0, 0.05) is 13.1 Å². The molecular weight excluding hydrogens is 346 g/mol. The van der Waals surface area contributed by atoms with Gasteiger partial charge in [-0.3, -0.25) is 4.79 Å². The summed E-state index contributed by atoms with van der Waals surface area (Å²) in [6.45, 7) is 4.58. The molecule has 0 saturated carbocycles. The smallest absolute Gasteiger partial charge is 0.255 e. The Labute approximate surface area is 155 Å². The highest BCUT2D eigenvalue weighted by atomic mass is 32.2. The highest BCUT2D eigenvalue weighted by Crippen LogP contribution is 2.29. The predicted molar refractivity (Wildman–Crippen MR) is 103 cm³/mol. The molecule has 3 rings (SSSR count). The summed E-state index contributed by atoms with van der Waals surface area (Å²) in [5, 5.41) is -0.555. The van der Waals surface area contributed by atoms with Gasteiger partial charge in [-0.15, -0.1) is 0 Å². The highest BCUT2D eigenvalue weighted by Gasteiger charge is 2.29. The van der Waals surface area contributed by atoms with Crippen molar-refractivity contribution < 1.29 is 13.2 Å². The first kappa shape index (κ1) is 18.6. The second-order valence-corrected chi connectivity index (χ2v) is 9.54. The van der Waals surface area contributed by atoms with Gasteiger partial charge in [-0.1, -0.05) is 42.5 Å². The third-order valence-electron chi connectivity index (χ3n) is 5.10. The Hall–Kier alpha value is -2.14. The van der Waals surface area contributed by atoms with E-state index in [9.17, 15) is 13.2 Å². The molecule has 1 aliphatic rings. The summed E-state index contributed by atoms with van der Waals surface area (Å²) >= 11 is 0. The largest absolute Gasteiger partial charge is 0.339 e. The first-order chi connectivity index (χ1) is 12.4. The number of carbonyl (C=O) groups is 1. The molecule has 0 radical (unpaired) electrons. The van der Waals surface area contributed by atoms with Gasteiger partial charge in [0.05, 0.1) is 15.7 Å². The van der Waals surface area contributed by atoms with E-state index in [1.165, 1.54) is 5.56 Å². The molecule has 0 aromatic heterocycles. The molecule has 1 heterocycles. The van der Waals surface area contributed by atoms with E-state index >= 15 is 0 Å². The van der Waals surface area contributed by atoms with E-state index in [0.717, 1.165) is 12.8 Å². The number of hydrogen-bond donors (Lipinski definition) is 0. The number of nitrogens with zero attached hydrogens (tertiary/aromatic N) is 1. The van der Waals surface area contributed by atoms with E-state index in [0.29, 0.717) is 24.6 Å². The van der Waals surface area contributed by atoms with Crippen molar-refractivity contribution in [3.05, 3.63) is 65.7 Å². The van der Waals surface area contributed by atoms with Gasteiger partial charge >= 0.3 is 0 Å². The van der Waals surface area contributed by atoms with Crippen molar-refractivity contribution in [1.29, 1.82) is 0 Å². The van der Waals surface area contributed by atoms with Crippen LogP contribution >= 0.6 is 0 Å². The lowest BCUT2D eigenvalue weighted by Gasteiger charge is -2.32. The average molecular weight is 372 g/mol. The third kappa shape index (κ3) is 3.68. The molecule has 1 amide bonds. The Bertz CT molecular complexity index is 867. The minimum atomic E-state index is -3.49. The molecule has 0 aliphatic carbocycles. The summed E-state index contributed by atoms with van der Waals surface area (Å²) in [5.74, 6) is 0.270. The number of benzene rings is 2. The summed E-state index contributed by atoms with van der Waals surface area (Å²) in [5.41, 5.74) is 1.60. The number of likely N-dealkylation sites (tertiary alicyclic amines) is 1. The van der Waals surface area contributed by atoms with Crippen LogP contribution in [0.15, 0.2) is 59.5 Å². The van der Waals surface area contributed by atoms with Crippen LogP contribution < -0.4 is 0 Å². The predicted octanol–water partition coefficient (Wildman–Crippen LogP) is 3.89. The number of piperidine rings is 1. The lowest BCUT2D eigenvalue weighted by molar-refractivity contribution is 0.0709. The maximum atomic E-state index is 13.0. The molecule has 138 valence electrons. The van der Waals surface area contributed by atoms with Crippen molar-refractivity contribution in [2.75, 3.05) is 13.1 Å². The summed E-state index contributed by atoms with van der Waals surface area (Å²) in [6, 6.07) is 16.9. The fourth-order valence-corrected chi connectivity index (χ4v) is 4.69. The van der Waals surface area contributed by atoms with E-state index in [1.807, 2.05) is 18.2 Å². The maximum Gasteiger partial charge on any atom is 0.255 e. The van der Waals surface area contributed by atoms with Gasteiger partial charge in [0.15, 0.2) is 9.84 Å². The van der Waals surface area contributed by atoms with Crippen LogP contribution in [0.25, 0.3) is 0 Å². The summed E-state index contributed by atoms with van der Waals surface area (Å²) in [4.78, 5) is 14.9. The number of carbonyl (C=O) groups excluding carboxylic acids is 1. The highest BCUT2D eigenvalue weighted by molar-refractivity contribution is 7.92. The monoisotopic (exact) mass is 371 g/mol. The van der Waals surface area contributed by atoms with E-state index in [2.05, 4.69) is 12.1 Å². The Morgan fingerprint density at radius 2 is 1.54 bits per heavy atom. The van der Waals surface area contributed by atoms with Gasteiger partial charge in [0.2, 0.25) is 0 Å². The van der Waals surface area contributed by atoms with Gasteiger partial charge in [0.25, 0.3) is 5.91 Å². The Kier molecular flexibility index (Phi) is 5.47. The fourth-order valence-electron chi connectivity index (χ4n) is 3.46. The molecular formula is C21H25NO3S. The normalized spacial score (nSPS) is 16.0. The summed E-state index contributed by atoms with van der Waals surface area (Å²) in [7, 11) is -3.49. The maximum absolute atomic E-state index is 13.0. The summed E-state index contributed by atoms with van der Waals surface area (Å²) < 4.78 is 25.2. The average Bonchev–Trinajstić information content (AvgIpc) is 2.68. The van der Waals surface area contributed by atoms with Crippen LogP contribution in [0.4, 0.5) is 0 Å². The molecule has 4 nitrogen and oxygen atoms in total. The standard InChI is InChI=1S/C21H25NO3S/c1-16(2)26(24,25)20-11-7-6-10-19(20)21(23)22-14-12-18(13-15-22)17-8-4-3-5-9-17/h3-11,16,18H,12-15H2,1-2H3. The molecule has 26 heavy (non-hydrogen) atoms. The number of rotatable bonds is 4. The van der Waals surface area contributed by atoms with E-state index < -0.39 is 15.1 Å². The Morgan fingerprint density at radius 3 is 2.15 bits per heavy atom. The molecule has 5 heteroatoms. The van der Waals surface area contributed by atoms with Gasteiger partial charge in [-0.25, -0.2) is 8.42 Å². The molecule has 0 spiro atoms. The lowest BCUT2D eigenvalue weighted by Crippen LogP contribution is -2.38. The zero-order valence-corrected chi connectivity index (χ0v) is 16.1. The van der Waals surface area contributed by atoms with Crippen molar-refractivity contribution in [3.8, 4) is 0 Å². The zero-order valence-electron chi connectivity index (χ0n) is 15.3. The first-order valence-corrected chi connectivity index (χ1v) is 10.6. The number of amides is 1. The molecule has 1 saturated heterocycles. The van der Waals surface area contributed by atoms with Gasteiger partial charge in [0.1, 0.15) is 0 Å². The van der Waals surface area contributed by atoms with Crippen molar-refractivity contribution in [3.63, 3.8) is 0 Å². The molecule has 1 fully saturated rings. The van der Waals surface area contributed by atoms with Crippen molar-refractivity contribution >= 4 is 15.7 Å². The topological polar surface area (TPSA) is 54.5 Å². The number of hydrogen-bond acceptors (Lipinski definition) is 3. The van der Waals surface area contributed by atoms with Crippen LogP contribution in [-0.2, 0) is 9.84 Å². The molecule has 0 N–H and O–H groups in total. The molecule has 0 atom stereocenters. The minimum absolute atomic E-state index is 0.144. The number of sulfone groups is 1. The molecule has 2 aromatic carbocycles. The molecule has 1 aliphatic heterocycles. The van der Waals surface area contributed by atoms with Crippen molar-refractivity contribution in [1.82, 2.24) is 4.90 Å². The molecule has 2 aromatic rings. The molecule has 0 unspecified atom stereocenters. The first-order valence-electron chi connectivity index (χ1n) is 9.08. The van der Waals surface area contributed by atoms with Gasteiger partial charge < -0.3 is 4.90 Å². The molecule has 0 bridgehead atoms.